The van der Waals surface area contributed by atoms with E-state index in [1.54, 1.807) is 6.07 Å². The summed E-state index contributed by atoms with van der Waals surface area (Å²) in [7, 11) is 0. The average molecular weight is 262 g/mol. The molecule has 0 atom stereocenters. The minimum absolute atomic E-state index is 0.110. The SMILES string of the molecule is CCOc1ccc(NC(=O)C2(C)CCCC2)c(C)n1. The first-order valence-corrected chi connectivity index (χ1v) is 6.97. The second-order valence-corrected chi connectivity index (χ2v) is 5.44. The summed E-state index contributed by atoms with van der Waals surface area (Å²) in [5.41, 5.74) is 1.35. The standard InChI is InChI=1S/C15H22N2O2/c1-4-19-13-8-7-12(11(2)16-13)17-14(18)15(3)9-5-6-10-15/h7-8H,4-6,9-10H2,1-3H3,(H,17,18). The van der Waals surface area contributed by atoms with Crippen LogP contribution in [0.3, 0.4) is 0 Å². The topological polar surface area (TPSA) is 51.2 Å². The molecule has 1 aliphatic rings. The lowest BCUT2D eigenvalue weighted by atomic mass is 9.88. The minimum Gasteiger partial charge on any atom is -0.478 e. The van der Waals surface area contributed by atoms with Gasteiger partial charge in [-0.15, -0.1) is 0 Å². The van der Waals surface area contributed by atoms with Crippen LogP contribution in [0.15, 0.2) is 12.1 Å². The highest BCUT2D eigenvalue weighted by Gasteiger charge is 2.36. The fraction of sp³-hybridized carbons (Fsp3) is 0.600. The van der Waals surface area contributed by atoms with Crippen LogP contribution in [0.4, 0.5) is 5.69 Å². The van der Waals surface area contributed by atoms with Crippen molar-refractivity contribution in [3.05, 3.63) is 17.8 Å². The van der Waals surface area contributed by atoms with Crippen LogP contribution in [0, 0.1) is 12.3 Å². The van der Waals surface area contributed by atoms with Crippen molar-refractivity contribution in [3.63, 3.8) is 0 Å². The minimum atomic E-state index is -0.217. The molecule has 0 aliphatic heterocycles. The van der Waals surface area contributed by atoms with E-state index >= 15 is 0 Å². The van der Waals surface area contributed by atoms with E-state index in [1.807, 2.05) is 26.8 Å². The number of anilines is 1. The van der Waals surface area contributed by atoms with Crippen molar-refractivity contribution in [1.82, 2.24) is 4.98 Å². The molecule has 0 spiro atoms. The summed E-state index contributed by atoms with van der Waals surface area (Å²) in [6.07, 6.45) is 4.24. The number of hydrogen-bond donors (Lipinski definition) is 1. The number of carbonyl (C=O) groups is 1. The van der Waals surface area contributed by atoms with Gasteiger partial charge in [-0.25, -0.2) is 4.98 Å². The molecular formula is C15H22N2O2. The molecule has 4 heteroatoms. The van der Waals surface area contributed by atoms with Gasteiger partial charge >= 0.3 is 0 Å². The van der Waals surface area contributed by atoms with Gasteiger partial charge in [0.25, 0.3) is 0 Å². The van der Waals surface area contributed by atoms with Gasteiger partial charge in [0.1, 0.15) is 0 Å². The van der Waals surface area contributed by atoms with Gasteiger partial charge in [0.2, 0.25) is 11.8 Å². The summed E-state index contributed by atoms with van der Waals surface area (Å²) in [6, 6.07) is 3.66. The van der Waals surface area contributed by atoms with Crippen LogP contribution in [-0.2, 0) is 4.79 Å². The Bertz CT molecular complexity index is 465. The van der Waals surface area contributed by atoms with Crippen LogP contribution in [0.5, 0.6) is 5.88 Å². The zero-order valence-electron chi connectivity index (χ0n) is 12.0. The molecule has 0 saturated heterocycles. The third-order valence-corrected chi connectivity index (χ3v) is 3.86. The van der Waals surface area contributed by atoms with Crippen LogP contribution in [0.25, 0.3) is 0 Å². The number of amides is 1. The Morgan fingerprint density at radius 1 is 1.42 bits per heavy atom. The van der Waals surface area contributed by atoms with Crippen molar-refractivity contribution in [2.45, 2.75) is 46.5 Å². The van der Waals surface area contributed by atoms with Gasteiger partial charge in [-0.3, -0.25) is 4.79 Å². The van der Waals surface area contributed by atoms with Gasteiger partial charge in [0.05, 0.1) is 18.0 Å². The molecule has 0 unspecified atom stereocenters. The molecule has 1 fully saturated rings. The van der Waals surface area contributed by atoms with E-state index in [-0.39, 0.29) is 11.3 Å². The summed E-state index contributed by atoms with van der Waals surface area (Å²) in [5.74, 6) is 0.712. The Hall–Kier alpha value is -1.58. The maximum Gasteiger partial charge on any atom is 0.230 e. The molecule has 1 amide bonds. The van der Waals surface area contributed by atoms with Crippen molar-refractivity contribution in [1.29, 1.82) is 0 Å². The number of carbonyl (C=O) groups excluding carboxylic acids is 1. The van der Waals surface area contributed by atoms with Crippen LogP contribution >= 0.6 is 0 Å². The van der Waals surface area contributed by atoms with E-state index in [0.29, 0.717) is 12.5 Å². The first kappa shape index (κ1) is 13.8. The number of aromatic nitrogens is 1. The maximum absolute atomic E-state index is 12.3. The third kappa shape index (κ3) is 3.06. The number of pyridine rings is 1. The van der Waals surface area contributed by atoms with E-state index in [2.05, 4.69) is 10.3 Å². The van der Waals surface area contributed by atoms with Gasteiger partial charge in [-0.1, -0.05) is 19.8 Å². The first-order valence-electron chi connectivity index (χ1n) is 6.97. The Morgan fingerprint density at radius 2 is 2.11 bits per heavy atom. The Morgan fingerprint density at radius 3 is 2.68 bits per heavy atom. The lowest BCUT2D eigenvalue weighted by Crippen LogP contribution is -2.31. The molecule has 104 valence electrons. The van der Waals surface area contributed by atoms with Crippen molar-refractivity contribution < 1.29 is 9.53 Å². The molecular weight excluding hydrogens is 240 g/mol. The zero-order valence-corrected chi connectivity index (χ0v) is 12.0. The highest BCUT2D eigenvalue weighted by Crippen LogP contribution is 2.38. The Kier molecular flexibility index (Phi) is 4.08. The van der Waals surface area contributed by atoms with E-state index in [0.717, 1.165) is 37.1 Å². The second kappa shape index (κ2) is 5.59. The number of hydrogen-bond acceptors (Lipinski definition) is 3. The Labute approximate surface area is 114 Å². The number of ether oxygens (including phenoxy) is 1. The van der Waals surface area contributed by atoms with Gasteiger partial charge in [-0.2, -0.15) is 0 Å². The number of rotatable bonds is 4. The molecule has 1 N–H and O–H groups in total. The predicted octanol–water partition coefficient (Wildman–Crippen LogP) is 3.31. The van der Waals surface area contributed by atoms with E-state index in [9.17, 15) is 4.79 Å². The highest BCUT2D eigenvalue weighted by atomic mass is 16.5. The van der Waals surface area contributed by atoms with Crippen molar-refractivity contribution in [2.24, 2.45) is 5.41 Å². The van der Waals surface area contributed by atoms with Gasteiger partial charge in [0.15, 0.2) is 0 Å². The van der Waals surface area contributed by atoms with Crippen LogP contribution < -0.4 is 10.1 Å². The van der Waals surface area contributed by atoms with E-state index in [1.165, 1.54) is 0 Å². The molecule has 1 aliphatic carbocycles. The number of nitrogens with one attached hydrogen (secondary N) is 1. The normalized spacial score (nSPS) is 17.2. The summed E-state index contributed by atoms with van der Waals surface area (Å²) < 4.78 is 5.34. The molecule has 1 saturated carbocycles. The molecule has 0 radical (unpaired) electrons. The molecule has 4 nitrogen and oxygen atoms in total. The molecule has 0 bridgehead atoms. The quantitative estimate of drug-likeness (QED) is 0.905. The third-order valence-electron chi connectivity index (χ3n) is 3.86. The Balaban J connectivity index is 2.08. The molecule has 0 aromatic carbocycles. The summed E-state index contributed by atoms with van der Waals surface area (Å²) in [5, 5.41) is 3.00. The first-order chi connectivity index (χ1) is 9.05. The predicted molar refractivity (Wildman–Crippen MR) is 75.3 cm³/mol. The fourth-order valence-corrected chi connectivity index (χ4v) is 2.55. The smallest absolute Gasteiger partial charge is 0.230 e. The summed E-state index contributed by atoms with van der Waals surface area (Å²) >= 11 is 0. The summed E-state index contributed by atoms with van der Waals surface area (Å²) in [6.45, 7) is 6.45. The van der Waals surface area contributed by atoms with Gasteiger partial charge in [-0.05, 0) is 32.8 Å². The highest BCUT2D eigenvalue weighted by molar-refractivity contribution is 5.95. The molecule has 2 rings (SSSR count). The zero-order chi connectivity index (χ0) is 13.9. The van der Waals surface area contributed by atoms with Crippen molar-refractivity contribution in [2.75, 3.05) is 11.9 Å². The fourth-order valence-electron chi connectivity index (χ4n) is 2.55. The molecule has 1 aromatic heterocycles. The van der Waals surface area contributed by atoms with Crippen molar-refractivity contribution in [3.8, 4) is 5.88 Å². The van der Waals surface area contributed by atoms with Gasteiger partial charge < -0.3 is 10.1 Å². The average Bonchev–Trinajstić information content (AvgIpc) is 2.81. The monoisotopic (exact) mass is 262 g/mol. The maximum atomic E-state index is 12.3. The molecule has 1 aromatic rings. The lowest BCUT2D eigenvalue weighted by molar-refractivity contribution is -0.124. The molecule has 19 heavy (non-hydrogen) atoms. The summed E-state index contributed by atoms with van der Waals surface area (Å²) in [4.78, 5) is 16.7. The van der Waals surface area contributed by atoms with Gasteiger partial charge in [0, 0.05) is 11.5 Å². The number of aryl methyl sites for hydroxylation is 1. The van der Waals surface area contributed by atoms with Crippen molar-refractivity contribution >= 4 is 11.6 Å². The van der Waals surface area contributed by atoms with E-state index in [4.69, 9.17) is 4.74 Å². The lowest BCUT2D eigenvalue weighted by Gasteiger charge is -2.22. The van der Waals surface area contributed by atoms with Crippen LogP contribution in [-0.4, -0.2) is 17.5 Å². The largest absolute Gasteiger partial charge is 0.478 e. The van der Waals surface area contributed by atoms with Crippen LogP contribution in [0.1, 0.15) is 45.2 Å². The number of nitrogens with zero attached hydrogens (tertiary/aromatic N) is 1. The molecule has 1 heterocycles. The van der Waals surface area contributed by atoms with E-state index < -0.39 is 0 Å². The second-order valence-electron chi connectivity index (χ2n) is 5.44. The van der Waals surface area contributed by atoms with Crippen LogP contribution in [0.2, 0.25) is 0 Å².